The molecule has 0 fully saturated rings. The molecule has 5 nitrogen and oxygen atoms in total. The van der Waals surface area contributed by atoms with Crippen LogP contribution in [0.1, 0.15) is 66.3 Å². The molecule has 1 aliphatic rings. The molecule has 1 atom stereocenters. The van der Waals surface area contributed by atoms with E-state index in [4.69, 9.17) is 4.74 Å². The van der Waals surface area contributed by atoms with Gasteiger partial charge in [0.2, 0.25) is 0 Å². The number of aromatic nitrogens is 2. The Morgan fingerprint density at radius 3 is 2.63 bits per heavy atom. The highest BCUT2D eigenvalue weighted by atomic mass is 16.5. The molecule has 1 unspecified atom stereocenters. The number of benzene rings is 2. The lowest BCUT2D eigenvalue weighted by Gasteiger charge is -2.26. The quantitative estimate of drug-likeness (QED) is 0.539. The van der Waals surface area contributed by atoms with Gasteiger partial charge >= 0.3 is 0 Å². The normalized spacial score (nSPS) is 15.5. The number of ether oxygens (including phenoxy) is 1. The van der Waals surface area contributed by atoms with Crippen molar-refractivity contribution in [1.82, 2.24) is 15.1 Å². The van der Waals surface area contributed by atoms with Gasteiger partial charge in [-0.1, -0.05) is 62.2 Å². The smallest absolute Gasteiger partial charge is 0.273 e. The largest absolute Gasteiger partial charge is 0.494 e. The molecule has 1 amide bonds. The van der Waals surface area contributed by atoms with Crippen LogP contribution in [0.4, 0.5) is 0 Å². The maximum Gasteiger partial charge on any atom is 0.273 e. The predicted molar refractivity (Wildman–Crippen MR) is 119 cm³/mol. The van der Waals surface area contributed by atoms with E-state index in [9.17, 15) is 4.79 Å². The fourth-order valence-corrected chi connectivity index (χ4v) is 4.03. The predicted octanol–water partition coefficient (Wildman–Crippen LogP) is 5.52. The van der Waals surface area contributed by atoms with Crippen LogP contribution < -0.4 is 4.74 Å². The number of nitrogens with one attached hydrogen (secondary N) is 1. The van der Waals surface area contributed by atoms with Gasteiger partial charge in [0, 0.05) is 17.7 Å². The zero-order chi connectivity index (χ0) is 21.1. The van der Waals surface area contributed by atoms with Crippen LogP contribution in [0.15, 0.2) is 48.5 Å². The van der Waals surface area contributed by atoms with Crippen molar-refractivity contribution in [2.75, 3.05) is 13.2 Å². The highest BCUT2D eigenvalue weighted by Crippen LogP contribution is 2.43. The van der Waals surface area contributed by atoms with Crippen LogP contribution in [-0.2, 0) is 0 Å². The lowest BCUT2D eigenvalue weighted by molar-refractivity contribution is 0.0741. The second-order valence-corrected chi connectivity index (χ2v) is 7.90. The first kappa shape index (κ1) is 20.2. The van der Waals surface area contributed by atoms with Gasteiger partial charge in [-0.25, -0.2) is 0 Å². The molecular weight excluding hydrogens is 374 g/mol. The Bertz CT molecular complexity index is 1020. The van der Waals surface area contributed by atoms with Gasteiger partial charge in [-0.2, -0.15) is 5.10 Å². The number of rotatable bonds is 8. The minimum absolute atomic E-state index is 0.0224. The van der Waals surface area contributed by atoms with Crippen LogP contribution in [0.3, 0.4) is 0 Å². The summed E-state index contributed by atoms with van der Waals surface area (Å²) in [5.74, 6) is 0.861. The molecule has 1 aliphatic heterocycles. The third kappa shape index (κ3) is 3.72. The number of amides is 1. The number of unbranched alkanes of at least 4 members (excludes halogenated alkanes) is 1. The molecule has 3 aromatic rings. The monoisotopic (exact) mass is 403 g/mol. The van der Waals surface area contributed by atoms with E-state index in [0.717, 1.165) is 53.9 Å². The Morgan fingerprint density at radius 2 is 1.90 bits per heavy atom. The third-order valence-electron chi connectivity index (χ3n) is 5.59. The lowest BCUT2D eigenvalue weighted by Crippen LogP contribution is -2.30. The Hall–Kier alpha value is -3.08. The van der Waals surface area contributed by atoms with Crippen molar-refractivity contribution in [3.8, 4) is 17.0 Å². The van der Waals surface area contributed by atoms with Crippen LogP contribution in [0, 0.1) is 6.92 Å². The van der Waals surface area contributed by atoms with Gasteiger partial charge in [-0.15, -0.1) is 0 Å². The summed E-state index contributed by atoms with van der Waals surface area (Å²) in [5, 5.41) is 7.58. The molecule has 1 N–H and O–H groups in total. The average molecular weight is 404 g/mol. The van der Waals surface area contributed by atoms with E-state index in [1.807, 2.05) is 17.0 Å². The summed E-state index contributed by atoms with van der Waals surface area (Å²) in [4.78, 5) is 15.2. The number of hydrogen-bond acceptors (Lipinski definition) is 3. The molecule has 30 heavy (non-hydrogen) atoms. The molecule has 5 heteroatoms. The number of aromatic amines is 1. The second kappa shape index (κ2) is 8.74. The van der Waals surface area contributed by atoms with E-state index in [-0.39, 0.29) is 11.9 Å². The standard InChI is InChI=1S/C25H29N3O2/c1-4-6-14-28-24(19-8-7-9-20(16-19)30-15-5-2)21-22(26-27-23(21)25(28)29)18-12-10-17(3)11-13-18/h7-13,16,24H,4-6,14-15H2,1-3H3,(H,26,27). The summed E-state index contributed by atoms with van der Waals surface area (Å²) < 4.78 is 5.87. The van der Waals surface area contributed by atoms with Crippen molar-refractivity contribution in [2.24, 2.45) is 0 Å². The fraction of sp³-hybridized carbons (Fsp3) is 0.360. The molecular formula is C25H29N3O2. The molecule has 156 valence electrons. The van der Waals surface area contributed by atoms with Crippen LogP contribution in [-0.4, -0.2) is 34.2 Å². The van der Waals surface area contributed by atoms with E-state index >= 15 is 0 Å². The van der Waals surface area contributed by atoms with Gasteiger partial charge in [-0.3, -0.25) is 9.89 Å². The number of carbonyl (C=O) groups excluding carboxylic acids is 1. The number of H-pyrrole nitrogens is 1. The van der Waals surface area contributed by atoms with Gasteiger partial charge in [-0.05, 0) is 37.5 Å². The highest BCUT2D eigenvalue weighted by molar-refractivity contribution is 6.00. The maximum absolute atomic E-state index is 13.3. The fourth-order valence-electron chi connectivity index (χ4n) is 4.03. The molecule has 0 spiro atoms. The Morgan fingerprint density at radius 1 is 1.10 bits per heavy atom. The van der Waals surface area contributed by atoms with E-state index in [2.05, 4.69) is 67.4 Å². The first-order chi connectivity index (χ1) is 14.6. The van der Waals surface area contributed by atoms with Gasteiger partial charge < -0.3 is 9.64 Å². The number of carbonyl (C=O) groups is 1. The summed E-state index contributed by atoms with van der Waals surface area (Å²) in [6.07, 6.45) is 2.96. The van der Waals surface area contributed by atoms with Crippen molar-refractivity contribution < 1.29 is 9.53 Å². The van der Waals surface area contributed by atoms with Crippen LogP contribution >= 0.6 is 0 Å². The molecule has 2 aromatic carbocycles. The molecule has 4 rings (SSSR count). The van der Waals surface area contributed by atoms with Gasteiger partial charge in [0.1, 0.15) is 11.4 Å². The topological polar surface area (TPSA) is 58.2 Å². The minimum Gasteiger partial charge on any atom is -0.494 e. The van der Waals surface area contributed by atoms with Crippen molar-refractivity contribution in [3.63, 3.8) is 0 Å². The lowest BCUT2D eigenvalue weighted by atomic mass is 9.95. The van der Waals surface area contributed by atoms with Crippen LogP contribution in [0.25, 0.3) is 11.3 Å². The minimum atomic E-state index is -0.167. The van der Waals surface area contributed by atoms with Crippen molar-refractivity contribution in [1.29, 1.82) is 0 Å². The van der Waals surface area contributed by atoms with E-state index < -0.39 is 0 Å². The molecule has 0 saturated carbocycles. The summed E-state index contributed by atoms with van der Waals surface area (Å²) >= 11 is 0. The number of aryl methyl sites for hydroxylation is 1. The number of nitrogens with zero attached hydrogens (tertiary/aromatic N) is 2. The van der Waals surface area contributed by atoms with E-state index in [0.29, 0.717) is 12.3 Å². The average Bonchev–Trinajstić information content (AvgIpc) is 3.30. The first-order valence-corrected chi connectivity index (χ1v) is 10.8. The molecule has 0 radical (unpaired) electrons. The van der Waals surface area contributed by atoms with Crippen LogP contribution in [0.5, 0.6) is 5.75 Å². The number of fused-ring (bicyclic) bond motifs is 1. The molecule has 0 bridgehead atoms. The zero-order valence-electron chi connectivity index (χ0n) is 17.9. The van der Waals surface area contributed by atoms with Crippen molar-refractivity contribution in [2.45, 2.75) is 46.1 Å². The summed E-state index contributed by atoms with van der Waals surface area (Å²) in [7, 11) is 0. The summed E-state index contributed by atoms with van der Waals surface area (Å²) in [6.45, 7) is 7.71. The SMILES string of the molecule is CCCCN1C(=O)c2[nH]nc(-c3ccc(C)cc3)c2C1c1cccc(OCCC)c1. The Labute approximate surface area is 178 Å². The second-order valence-electron chi connectivity index (χ2n) is 7.90. The van der Waals surface area contributed by atoms with E-state index in [1.165, 1.54) is 5.56 Å². The van der Waals surface area contributed by atoms with Crippen LogP contribution in [0.2, 0.25) is 0 Å². The third-order valence-corrected chi connectivity index (χ3v) is 5.59. The molecule has 1 aromatic heterocycles. The molecule has 0 saturated heterocycles. The first-order valence-electron chi connectivity index (χ1n) is 10.8. The van der Waals surface area contributed by atoms with Crippen molar-refractivity contribution >= 4 is 5.91 Å². The summed E-state index contributed by atoms with van der Waals surface area (Å²) in [6, 6.07) is 16.3. The number of hydrogen-bond donors (Lipinski definition) is 1. The van der Waals surface area contributed by atoms with Gasteiger partial charge in [0.05, 0.1) is 18.3 Å². The van der Waals surface area contributed by atoms with E-state index in [1.54, 1.807) is 0 Å². The molecule has 0 aliphatic carbocycles. The van der Waals surface area contributed by atoms with Crippen molar-refractivity contribution in [3.05, 3.63) is 70.9 Å². The Kier molecular flexibility index (Phi) is 5.88. The highest BCUT2D eigenvalue weighted by Gasteiger charge is 2.41. The van der Waals surface area contributed by atoms with Gasteiger partial charge in [0.25, 0.3) is 5.91 Å². The zero-order valence-corrected chi connectivity index (χ0v) is 17.9. The maximum atomic E-state index is 13.3. The van der Waals surface area contributed by atoms with Gasteiger partial charge in [0.15, 0.2) is 0 Å². The Balaban J connectivity index is 1.80. The molecule has 2 heterocycles. The summed E-state index contributed by atoms with van der Waals surface area (Å²) in [5.41, 5.74) is 5.69.